The van der Waals surface area contributed by atoms with Gasteiger partial charge in [0.25, 0.3) is 5.56 Å². The molecule has 1 heterocycles. The lowest BCUT2D eigenvalue weighted by molar-refractivity contribution is -0.126. The predicted octanol–water partition coefficient (Wildman–Crippen LogP) is 1.55. The Morgan fingerprint density at radius 2 is 1.73 bits per heavy atom. The number of anilines is 2. The van der Waals surface area contributed by atoms with Crippen LogP contribution in [0.25, 0.3) is 0 Å². The number of carbonyl (C=O) groups excluding carboxylic acids is 2. The Hall–Kier alpha value is -3.36. The van der Waals surface area contributed by atoms with Crippen LogP contribution in [0.5, 0.6) is 0 Å². The number of Topliss-reactive ketones (excluding diaryl/α,β-unsaturated/α-hetero) is 1. The van der Waals surface area contributed by atoms with Gasteiger partial charge in [0.05, 0.1) is 12.6 Å². The largest absolute Gasteiger partial charge is 0.383 e. The number of aromatic nitrogens is 2. The number of carbonyl (C=O) groups is 2. The van der Waals surface area contributed by atoms with Gasteiger partial charge in [-0.1, -0.05) is 58.0 Å². The first-order valence-corrected chi connectivity index (χ1v) is 11.2. The van der Waals surface area contributed by atoms with Gasteiger partial charge in [0, 0.05) is 13.1 Å². The minimum atomic E-state index is -0.689. The maximum Gasteiger partial charge on any atom is 0.330 e. The van der Waals surface area contributed by atoms with Crippen LogP contribution in [0.4, 0.5) is 11.5 Å². The molecule has 1 atom stereocenters. The number of nitrogens with zero attached hydrogens (tertiary/aromatic N) is 2. The molecule has 1 amide bonds. The van der Waals surface area contributed by atoms with E-state index in [2.05, 4.69) is 10.3 Å². The normalized spacial score (nSPS) is 12.1. The Morgan fingerprint density at radius 3 is 2.27 bits per heavy atom. The number of nitrogens with one attached hydrogen (secondary N) is 2. The second-order valence-electron chi connectivity index (χ2n) is 9.19. The smallest absolute Gasteiger partial charge is 0.330 e. The van der Waals surface area contributed by atoms with Crippen LogP contribution in [0.3, 0.4) is 0 Å². The lowest BCUT2D eigenvalue weighted by Crippen LogP contribution is -2.48. The van der Waals surface area contributed by atoms with Crippen molar-refractivity contribution in [2.24, 2.45) is 11.8 Å². The summed E-state index contributed by atoms with van der Waals surface area (Å²) in [5.74, 6) is -0.314. The zero-order chi connectivity index (χ0) is 24.7. The van der Waals surface area contributed by atoms with Crippen molar-refractivity contribution in [2.45, 2.75) is 53.6 Å². The van der Waals surface area contributed by atoms with E-state index in [4.69, 9.17) is 5.73 Å². The molecule has 1 aromatic carbocycles. The molecule has 0 aliphatic rings. The Kier molecular flexibility index (Phi) is 9.02. The fourth-order valence-electron chi connectivity index (χ4n) is 3.66. The van der Waals surface area contributed by atoms with Crippen molar-refractivity contribution in [1.29, 1.82) is 0 Å². The topological polar surface area (TPSA) is 130 Å². The van der Waals surface area contributed by atoms with Gasteiger partial charge in [0.2, 0.25) is 5.91 Å². The van der Waals surface area contributed by atoms with Gasteiger partial charge < -0.3 is 16.0 Å². The van der Waals surface area contributed by atoms with Crippen molar-refractivity contribution in [2.75, 3.05) is 23.7 Å². The summed E-state index contributed by atoms with van der Waals surface area (Å²) >= 11 is 0. The van der Waals surface area contributed by atoms with Gasteiger partial charge >= 0.3 is 5.69 Å². The van der Waals surface area contributed by atoms with Crippen molar-refractivity contribution in [3.8, 4) is 0 Å². The van der Waals surface area contributed by atoms with E-state index >= 15 is 0 Å². The fraction of sp³-hybridized carbons (Fsp3) is 0.500. The molecule has 9 nitrogen and oxygen atoms in total. The molecular formula is C24H35N5O4. The Bertz CT molecular complexity index is 1070. The second kappa shape index (κ2) is 11.5. The molecule has 0 radical (unpaired) electrons. The number of nitrogens with two attached hydrogens (primary N) is 1. The highest BCUT2D eigenvalue weighted by Gasteiger charge is 2.24. The summed E-state index contributed by atoms with van der Waals surface area (Å²) in [6.45, 7) is 9.73. The van der Waals surface area contributed by atoms with Crippen LogP contribution in [0.2, 0.25) is 0 Å². The van der Waals surface area contributed by atoms with Crippen LogP contribution in [0, 0.1) is 11.8 Å². The molecule has 33 heavy (non-hydrogen) atoms. The number of hydrogen-bond donors (Lipinski definition) is 3. The molecule has 0 aliphatic carbocycles. The third kappa shape index (κ3) is 7.34. The van der Waals surface area contributed by atoms with E-state index in [1.807, 2.05) is 58.0 Å². The first kappa shape index (κ1) is 25.9. The summed E-state index contributed by atoms with van der Waals surface area (Å²) in [5, 5.41) is 2.78. The SMILES string of the molecule is CC(=O)C(Cc1ccccc1)NC(=O)CN(CC(C)C)c1c(N)n(CC(C)C)c(=O)[nH]c1=O. The van der Waals surface area contributed by atoms with Gasteiger partial charge in [-0.2, -0.15) is 0 Å². The van der Waals surface area contributed by atoms with Crippen LogP contribution in [-0.4, -0.2) is 40.4 Å². The first-order valence-electron chi connectivity index (χ1n) is 11.2. The van der Waals surface area contributed by atoms with Crippen LogP contribution in [0.15, 0.2) is 39.9 Å². The van der Waals surface area contributed by atoms with Gasteiger partial charge in [-0.15, -0.1) is 0 Å². The first-order chi connectivity index (χ1) is 15.5. The molecule has 0 fully saturated rings. The maximum atomic E-state index is 12.9. The van der Waals surface area contributed by atoms with Gasteiger partial charge in [-0.25, -0.2) is 4.79 Å². The molecule has 0 saturated heterocycles. The minimum absolute atomic E-state index is 0.0262. The molecule has 9 heteroatoms. The summed E-state index contributed by atoms with van der Waals surface area (Å²) in [5.41, 5.74) is 6.05. The average molecular weight is 458 g/mol. The van der Waals surface area contributed by atoms with E-state index < -0.39 is 23.2 Å². The van der Waals surface area contributed by atoms with E-state index in [-0.39, 0.29) is 35.7 Å². The van der Waals surface area contributed by atoms with E-state index in [9.17, 15) is 19.2 Å². The van der Waals surface area contributed by atoms with Gasteiger partial charge in [-0.3, -0.25) is 23.9 Å². The number of amides is 1. The molecular weight excluding hydrogens is 422 g/mol. The van der Waals surface area contributed by atoms with Crippen LogP contribution < -0.4 is 27.2 Å². The number of nitrogen functional groups attached to an aromatic ring is 1. The van der Waals surface area contributed by atoms with Crippen molar-refractivity contribution in [3.63, 3.8) is 0 Å². The molecule has 180 valence electrons. The zero-order valence-corrected chi connectivity index (χ0v) is 20.1. The van der Waals surface area contributed by atoms with E-state index in [0.29, 0.717) is 19.5 Å². The monoisotopic (exact) mass is 457 g/mol. The van der Waals surface area contributed by atoms with Gasteiger partial charge in [0.1, 0.15) is 11.5 Å². The molecule has 1 aromatic heterocycles. The van der Waals surface area contributed by atoms with E-state index in [1.54, 1.807) is 4.90 Å². The van der Waals surface area contributed by atoms with Crippen molar-refractivity contribution in [3.05, 3.63) is 56.7 Å². The highest BCUT2D eigenvalue weighted by atomic mass is 16.2. The van der Waals surface area contributed by atoms with Crippen LogP contribution in [-0.2, 0) is 22.6 Å². The third-order valence-corrected chi connectivity index (χ3v) is 5.11. The molecule has 0 aliphatic heterocycles. The molecule has 2 rings (SSSR count). The lowest BCUT2D eigenvalue weighted by atomic mass is 10.0. The Morgan fingerprint density at radius 1 is 1.09 bits per heavy atom. The summed E-state index contributed by atoms with van der Waals surface area (Å²) in [4.78, 5) is 54.0. The van der Waals surface area contributed by atoms with Crippen molar-refractivity contribution in [1.82, 2.24) is 14.9 Å². The fourth-order valence-corrected chi connectivity index (χ4v) is 3.66. The lowest BCUT2D eigenvalue weighted by Gasteiger charge is -2.28. The molecule has 1 unspecified atom stereocenters. The van der Waals surface area contributed by atoms with Crippen molar-refractivity contribution >= 4 is 23.2 Å². The Labute approximate surface area is 194 Å². The number of aromatic amines is 1. The quantitative estimate of drug-likeness (QED) is 0.469. The molecule has 4 N–H and O–H groups in total. The molecule has 0 saturated carbocycles. The highest BCUT2D eigenvalue weighted by molar-refractivity contribution is 5.89. The predicted molar refractivity (Wildman–Crippen MR) is 130 cm³/mol. The van der Waals surface area contributed by atoms with E-state index in [0.717, 1.165) is 5.56 Å². The molecule has 0 spiro atoms. The van der Waals surface area contributed by atoms with E-state index in [1.165, 1.54) is 11.5 Å². The summed E-state index contributed by atoms with van der Waals surface area (Å²) in [6, 6.07) is 8.73. The van der Waals surface area contributed by atoms with Crippen LogP contribution in [0.1, 0.15) is 40.2 Å². The van der Waals surface area contributed by atoms with Crippen molar-refractivity contribution < 1.29 is 9.59 Å². The van der Waals surface area contributed by atoms with Gasteiger partial charge in [-0.05, 0) is 30.7 Å². The average Bonchev–Trinajstić information content (AvgIpc) is 2.70. The summed E-state index contributed by atoms with van der Waals surface area (Å²) in [7, 11) is 0. The summed E-state index contributed by atoms with van der Waals surface area (Å²) in [6.07, 6.45) is 0.369. The second-order valence-corrected chi connectivity index (χ2v) is 9.19. The third-order valence-electron chi connectivity index (χ3n) is 5.11. The number of rotatable bonds is 11. The number of hydrogen-bond acceptors (Lipinski definition) is 6. The number of ketones is 1. The number of benzene rings is 1. The standard InChI is InChI=1S/C24H35N5O4/c1-15(2)12-28(21-22(25)29(13-16(3)4)24(33)27-23(21)32)14-20(31)26-19(17(5)30)11-18-9-7-6-8-10-18/h6-10,15-16,19H,11-14,25H2,1-5H3,(H,26,31)(H,27,32,33). The minimum Gasteiger partial charge on any atom is -0.383 e. The highest BCUT2D eigenvalue weighted by Crippen LogP contribution is 2.19. The number of H-pyrrole nitrogens is 1. The Balaban J connectivity index is 2.32. The molecule has 0 bridgehead atoms. The zero-order valence-electron chi connectivity index (χ0n) is 20.1. The van der Waals surface area contributed by atoms with Crippen LogP contribution >= 0.6 is 0 Å². The molecule has 2 aromatic rings. The summed E-state index contributed by atoms with van der Waals surface area (Å²) < 4.78 is 1.32. The maximum absolute atomic E-state index is 12.9. The van der Waals surface area contributed by atoms with Gasteiger partial charge in [0.15, 0.2) is 5.78 Å².